The summed E-state index contributed by atoms with van der Waals surface area (Å²) >= 11 is 0. The zero-order valence-corrected chi connectivity index (χ0v) is 15.5. The number of fused-ring (bicyclic) bond motifs is 1. The molecule has 0 aliphatic carbocycles. The van der Waals surface area contributed by atoms with E-state index in [1.165, 1.54) is 10.9 Å². The minimum atomic E-state index is 0.519. The highest BCUT2D eigenvalue weighted by Gasteiger charge is 2.03. The molecule has 3 aromatic rings. The summed E-state index contributed by atoms with van der Waals surface area (Å²) in [6, 6.07) is 10.6. The van der Waals surface area contributed by atoms with E-state index in [1.54, 1.807) is 6.33 Å². The van der Waals surface area contributed by atoms with Crippen LogP contribution in [0.2, 0.25) is 0 Å². The van der Waals surface area contributed by atoms with E-state index in [0.29, 0.717) is 6.54 Å². The maximum Gasteiger partial charge on any atom is 0.191 e. The first-order valence-corrected chi connectivity index (χ1v) is 9.24. The van der Waals surface area contributed by atoms with Crippen molar-refractivity contribution in [1.82, 2.24) is 30.0 Å². The number of hydrogen-bond acceptors (Lipinski definition) is 3. The van der Waals surface area contributed by atoms with E-state index >= 15 is 0 Å². The van der Waals surface area contributed by atoms with Gasteiger partial charge in [0.1, 0.15) is 12.9 Å². The summed E-state index contributed by atoms with van der Waals surface area (Å²) in [5, 5.41) is 16.0. The van der Waals surface area contributed by atoms with E-state index in [2.05, 4.69) is 80.8 Å². The molecule has 0 fully saturated rings. The number of nitrogens with zero attached hydrogens (tertiary/aromatic N) is 5. The van der Waals surface area contributed by atoms with Crippen LogP contribution in [0, 0.1) is 0 Å². The molecule has 2 N–H and O–H groups in total. The Hall–Kier alpha value is -2.83. The standard InChI is InChI=1S/C19H27N7/c1-3-20-19(22-14-18-24-23-15-25(18)4-2)21-11-7-12-26-13-10-16-8-5-6-9-17(16)26/h5-6,8-10,13,15H,3-4,7,11-12,14H2,1-2H3,(H2,20,21,22). The van der Waals surface area contributed by atoms with Gasteiger partial charge in [0.15, 0.2) is 11.8 Å². The molecule has 0 bridgehead atoms. The van der Waals surface area contributed by atoms with Crippen molar-refractivity contribution in [2.75, 3.05) is 13.1 Å². The molecule has 3 rings (SSSR count). The van der Waals surface area contributed by atoms with E-state index in [1.807, 2.05) is 4.57 Å². The van der Waals surface area contributed by atoms with E-state index in [-0.39, 0.29) is 0 Å². The molecule has 0 saturated carbocycles. The number of rotatable bonds is 8. The zero-order chi connectivity index (χ0) is 18.2. The lowest BCUT2D eigenvalue weighted by molar-refractivity contribution is 0.639. The predicted octanol–water partition coefficient (Wildman–Crippen LogP) is 2.40. The Morgan fingerprint density at radius 3 is 2.85 bits per heavy atom. The second-order valence-corrected chi connectivity index (χ2v) is 6.08. The molecular weight excluding hydrogens is 326 g/mol. The van der Waals surface area contributed by atoms with Gasteiger partial charge in [0.2, 0.25) is 0 Å². The number of para-hydroxylation sites is 1. The summed E-state index contributed by atoms with van der Waals surface area (Å²) in [4.78, 5) is 4.61. The lowest BCUT2D eigenvalue weighted by Gasteiger charge is -2.12. The lowest BCUT2D eigenvalue weighted by atomic mass is 10.2. The molecule has 2 heterocycles. The first-order chi connectivity index (χ1) is 12.8. The molecule has 0 atom stereocenters. The van der Waals surface area contributed by atoms with Crippen molar-refractivity contribution in [3.05, 3.63) is 48.7 Å². The Kier molecular flexibility index (Phi) is 6.24. The van der Waals surface area contributed by atoms with E-state index < -0.39 is 0 Å². The molecular formula is C19H27N7. The summed E-state index contributed by atoms with van der Waals surface area (Å²) in [6.07, 6.45) is 4.92. The molecule has 7 heteroatoms. The van der Waals surface area contributed by atoms with E-state index in [9.17, 15) is 0 Å². The third kappa shape index (κ3) is 4.41. The van der Waals surface area contributed by atoms with Gasteiger partial charge >= 0.3 is 0 Å². The minimum Gasteiger partial charge on any atom is -0.357 e. The van der Waals surface area contributed by atoms with Crippen LogP contribution in [0.1, 0.15) is 26.1 Å². The molecule has 138 valence electrons. The van der Waals surface area contributed by atoms with Gasteiger partial charge in [0.25, 0.3) is 0 Å². The quantitative estimate of drug-likeness (QED) is 0.371. The van der Waals surface area contributed by atoms with Crippen LogP contribution in [0.25, 0.3) is 10.9 Å². The summed E-state index contributed by atoms with van der Waals surface area (Å²) in [6.45, 7) is 8.18. The fourth-order valence-electron chi connectivity index (χ4n) is 2.95. The van der Waals surface area contributed by atoms with Crippen molar-refractivity contribution in [2.45, 2.75) is 39.9 Å². The summed E-state index contributed by atoms with van der Waals surface area (Å²) in [5.41, 5.74) is 1.28. The van der Waals surface area contributed by atoms with Crippen molar-refractivity contribution in [1.29, 1.82) is 0 Å². The van der Waals surface area contributed by atoms with Crippen molar-refractivity contribution >= 4 is 16.9 Å². The third-order valence-electron chi connectivity index (χ3n) is 4.31. The Bertz CT molecular complexity index is 846. The average Bonchev–Trinajstić information content (AvgIpc) is 3.29. The molecule has 0 aliphatic rings. The van der Waals surface area contributed by atoms with Crippen molar-refractivity contribution in [3.8, 4) is 0 Å². The lowest BCUT2D eigenvalue weighted by Crippen LogP contribution is -2.38. The van der Waals surface area contributed by atoms with Crippen LogP contribution in [-0.2, 0) is 19.6 Å². The number of hydrogen-bond donors (Lipinski definition) is 2. The first kappa shape index (κ1) is 18.0. The fourth-order valence-corrected chi connectivity index (χ4v) is 2.95. The second kappa shape index (κ2) is 9.03. The highest BCUT2D eigenvalue weighted by molar-refractivity contribution is 5.80. The highest BCUT2D eigenvalue weighted by atomic mass is 15.3. The molecule has 0 unspecified atom stereocenters. The fraction of sp³-hybridized carbons (Fsp3) is 0.421. The van der Waals surface area contributed by atoms with Gasteiger partial charge in [0, 0.05) is 37.9 Å². The summed E-state index contributed by atoms with van der Waals surface area (Å²) < 4.78 is 4.30. The Morgan fingerprint density at radius 1 is 1.12 bits per heavy atom. The predicted molar refractivity (Wildman–Crippen MR) is 105 cm³/mol. The number of benzene rings is 1. The molecule has 0 aliphatic heterocycles. The smallest absolute Gasteiger partial charge is 0.191 e. The van der Waals surface area contributed by atoms with Crippen molar-refractivity contribution in [3.63, 3.8) is 0 Å². The Labute approximate surface area is 154 Å². The van der Waals surface area contributed by atoms with Gasteiger partial charge in [-0.05, 0) is 37.8 Å². The maximum absolute atomic E-state index is 4.61. The van der Waals surface area contributed by atoms with Crippen molar-refractivity contribution < 1.29 is 0 Å². The highest BCUT2D eigenvalue weighted by Crippen LogP contribution is 2.15. The summed E-state index contributed by atoms with van der Waals surface area (Å²) in [5.74, 6) is 1.69. The Balaban J connectivity index is 1.51. The number of aromatic nitrogens is 4. The summed E-state index contributed by atoms with van der Waals surface area (Å²) in [7, 11) is 0. The third-order valence-corrected chi connectivity index (χ3v) is 4.31. The molecule has 0 radical (unpaired) electrons. The van der Waals surface area contributed by atoms with Crippen LogP contribution in [-0.4, -0.2) is 38.4 Å². The van der Waals surface area contributed by atoms with Crippen molar-refractivity contribution in [2.24, 2.45) is 4.99 Å². The Morgan fingerprint density at radius 2 is 2.00 bits per heavy atom. The zero-order valence-electron chi connectivity index (χ0n) is 15.5. The van der Waals surface area contributed by atoms with Gasteiger partial charge in [-0.3, -0.25) is 0 Å². The molecule has 7 nitrogen and oxygen atoms in total. The van der Waals surface area contributed by atoms with E-state index in [4.69, 9.17) is 0 Å². The topological polar surface area (TPSA) is 72.1 Å². The molecule has 0 spiro atoms. The number of aryl methyl sites for hydroxylation is 2. The molecule has 2 aromatic heterocycles. The molecule has 1 aromatic carbocycles. The van der Waals surface area contributed by atoms with Gasteiger partial charge in [-0.2, -0.15) is 0 Å². The van der Waals surface area contributed by atoms with Crippen LogP contribution in [0.15, 0.2) is 47.8 Å². The maximum atomic E-state index is 4.61. The number of aliphatic imine (C=N–C) groups is 1. The van der Waals surface area contributed by atoms with Gasteiger partial charge in [-0.25, -0.2) is 4.99 Å². The average molecular weight is 353 g/mol. The van der Waals surface area contributed by atoms with Crippen LogP contribution >= 0.6 is 0 Å². The number of guanidine groups is 1. The van der Waals surface area contributed by atoms with Crippen LogP contribution < -0.4 is 10.6 Å². The van der Waals surface area contributed by atoms with Crippen LogP contribution in [0.4, 0.5) is 0 Å². The number of nitrogens with one attached hydrogen (secondary N) is 2. The van der Waals surface area contributed by atoms with Gasteiger partial charge in [-0.1, -0.05) is 18.2 Å². The van der Waals surface area contributed by atoms with Gasteiger partial charge < -0.3 is 19.8 Å². The molecule has 26 heavy (non-hydrogen) atoms. The van der Waals surface area contributed by atoms with E-state index in [0.717, 1.165) is 44.4 Å². The monoisotopic (exact) mass is 353 g/mol. The normalized spacial score (nSPS) is 11.8. The van der Waals surface area contributed by atoms with Crippen LogP contribution in [0.5, 0.6) is 0 Å². The molecule has 0 saturated heterocycles. The molecule has 0 amide bonds. The van der Waals surface area contributed by atoms with Gasteiger partial charge in [0.05, 0.1) is 0 Å². The second-order valence-electron chi connectivity index (χ2n) is 6.08. The SMILES string of the molecule is CCNC(=NCc1nncn1CC)NCCCn1ccc2ccccc21. The minimum absolute atomic E-state index is 0.519. The van der Waals surface area contributed by atoms with Gasteiger partial charge in [-0.15, -0.1) is 10.2 Å². The van der Waals surface area contributed by atoms with Crippen LogP contribution in [0.3, 0.4) is 0 Å². The first-order valence-electron chi connectivity index (χ1n) is 9.24. The largest absolute Gasteiger partial charge is 0.357 e.